The highest BCUT2D eigenvalue weighted by Crippen LogP contribution is 2.30. The fourth-order valence-corrected chi connectivity index (χ4v) is 3.01. The quantitative estimate of drug-likeness (QED) is 0.267. The van der Waals surface area contributed by atoms with Gasteiger partial charge < -0.3 is 15.2 Å². The number of carbonyl (C=O) groups is 2. The molecule has 12 heteroatoms. The monoisotopic (exact) mass is 478 g/mol. The van der Waals surface area contributed by atoms with Gasteiger partial charge in [0.1, 0.15) is 0 Å². The Morgan fingerprint density at radius 3 is 1.76 bits per heavy atom. The third-order valence-electron chi connectivity index (χ3n) is 4.50. The third-order valence-corrected chi connectivity index (χ3v) is 4.50. The molecular weight excluding hydrogens is 448 g/mol. The number of benzene rings is 2. The molecule has 0 radical (unpaired) electrons. The maximum absolute atomic E-state index is 11.7. The first-order chi connectivity index (χ1) is 15.2. The summed E-state index contributed by atoms with van der Waals surface area (Å²) in [7, 11) is 2.95. The maximum atomic E-state index is 11.7. The molecule has 0 aromatic heterocycles. The number of anilines is 2. The van der Waals surface area contributed by atoms with E-state index < -0.39 is 9.85 Å². The molecule has 0 saturated carbocycles. The van der Waals surface area contributed by atoms with E-state index in [1.54, 1.807) is 0 Å². The number of nitro groups is 2. The average Bonchev–Trinajstić information content (AvgIpc) is 3.08. The zero-order chi connectivity index (χ0) is 23.8. The summed E-state index contributed by atoms with van der Waals surface area (Å²) >= 11 is 0. The Labute approximate surface area is 197 Å². The summed E-state index contributed by atoms with van der Waals surface area (Å²) in [6.07, 6.45) is 0.338. The van der Waals surface area contributed by atoms with E-state index in [4.69, 9.17) is 15.2 Å². The summed E-state index contributed by atoms with van der Waals surface area (Å²) in [5.74, 6) is -0.590. The normalized spacial score (nSPS) is 12.2. The van der Waals surface area contributed by atoms with E-state index in [0.29, 0.717) is 22.5 Å². The summed E-state index contributed by atoms with van der Waals surface area (Å²) < 4.78 is 9.80. The van der Waals surface area contributed by atoms with Crippen LogP contribution in [0.4, 0.5) is 22.7 Å². The largest absolute Gasteiger partial charge is 0.398 e. The first kappa shape index (κ1) is 30.1. The molecule has 0 aliphatic carbocycles. The number of nitrogens with two attached hydrogens (primary N) is 1. The van der Waals surface area contributed by atoms with E-state index in [1.165, 1.54) is 50.6 Å². The van der Waals surface area contributed by atoms with Gasteiger partial charge in [-0.2, -0.15) is 0 Å². The van der Waals surface area contributed by atoms with Gasteiger partial charge in [-0.05, 0) is 12.1 Å². The van der Waals surface area contributed by atoms with Crippen molar-refractivity contribution in [3.05, 3.63) is 67.8 Å². The lowest BCUT2D eigenvalue weighted by Crippen LogP contribution is -2.29. The highest BCUT2D eigenvalue weighted by Gasteiger charge is 2.32. The molecule has 1 aliphatic heterocycles. The second kappa shape index (κ2) is 13.6. The SMILES string of the molecule is C.C.COCc1cc([N+](=O)[O-])ccc1N.COCc1cc([N+](=O)[O-])ccc1N1C(=O)CCC1=O. The van der Waals surface area contributed by atoms with Gasteiger partial charge >= 0.3 is 0 Å². The molecule has 34 heavy (non-hydrogen) atoms. The molecule has 2 aromatic rings. The van der Waals surface area contributed by atoms with Gasteiger partial charge in [0.2, 0.25) is 11.8 Å². The molecule has 0 spiro atoms. The average molecular weight is 479 g/mol. The summed E-state index contributed by atoms with van der Waals surface area (Å²) in [5.41, 5.74) is 7.45. The van der Waals surface area contributed by atoms with Crippen LogP contribution in [0.1, 0.15) is 38.8 Å². The van der Waals surface area contributed by atoms with Crippen molar-refractivity contribution in [1.29, 1.82) is 0 Å². The van der Waals surface area contributed by atoms with Gasteiger partial charge in [0.05, 0.1) is 28.7 Å². The van der Waals surface area contributed by atoms with E-state index in [2.05, 4.69) is 0 Å². The van der Waals surface area contributed by atoms with Crippen molar-refractivity contribution in [2.45, 2.75) is 40.9 Å². The second-order valence-electron chi connectivity index (χ2n) is 6.70. The molecule has 2 aromatic carbocycles. The Morgan fingerprint density at radius 1 is 0.853 bits per heavy atom. The Morgan fingerprint density at radius 2 is 1.29 bits per heavy atom. The number of nitrogens with zero attached hydrogens (tertiary/aromatic N) is 3. The van der Waals surface area contributed by atoms with Crippen LogP contribution < -0.4 is 10.6 Å². The van der Waals surface area contributed by atoms with Gasteiger partial charge in [-0.3, -0.25) is 34.7 Å². The minimum absolute atomic E-state index is 0. The fraction of sp³-hybridized carbons (Fsp3) is 0.364. The van der Waals surface area contributed by atoms with E-state index in [0.717, 1.165) is 4.90 Å². The number of imide groups is 1. The van der Waals surface area contributed by atoms with Crippen LogP contribution >= 0.6 is 0 Å². The number of nitrogen functional groups attached to an aromatic ring is 1. The highest BCUT2D eigenvalue weighted by atomic mass is 16.6. The standard InChI is InChI=1S/C12H12N2O5.C8H10N2O3.2CH4/c1-19-7-8-6-9(14(17)18)2-3-10(8)13-11(15)4-5-12(13)16;1-13-5-6-4-7(10(11)12)2-3-8(6)9;;/h2-3,6H,4-5,7H2,1H3;2-4H,5,9H2,1H3;2*1H4. The van der Waals surface area contributed by atoms with Crippen molar-refractivity contribution in [1.82, 2.24) is 0 Å². The van der Waals surface area contributed by atoms with Gasteiger partial charge in [-0.25, -0.2) is 0 Å². The number of nitro benzene ring substituents is 2. The number of carbonyl (C=O) groups excluding carboxylic acids is 2. The van der Waals surface area contributed by atoms with Crippen LogP contribution in [0, 0.1) is 20.2 Å². The number of hydrogen-bond donors (Lipinski definition) is 1. The number of rotatable bonds is 7. The smallest absolute Gasteiger partial charge is 0.269 e. The van der Waals surface area contributed by atoms with Gasteiger partial charge in [0.15, 0.2) is 0 Å². The van der Waals surface area contributed by atoms with Crippen LogP contribution in [0.25, 0.3) is 0 Å². The summed E-state index contributed by atoms with van der Waals surface area (Å²) in [4.78, 5) is 44.6. The second-order valence-corrected chi connectivity index (χ2v) is 6.70. The van der Waals surface area contributed by atoms with E-state index in [-0.39, 0.29) is 64.1 Å². The minimum atomic E-state index is -0.531. The Kier molecular flexibility index (Phi) is 12.0. The molecule has 0 unspecified atom stereocenters. The first-order valence-corrected chi connectivity index (χ1v) is 9.33. The molecule has 186 valence electrons. The zero-order valence-corrected chi connectivity index (χ0v) is 17.5. The van der Waals surface area contributed by atoms with Gasteiger partial charge in [-0.15, -0.1) is 0 Å². The lowest BCUT2D eigenvalue weighted by atomic mass is 10.1. The van der Waals surface area contributed by atoms with Crippen LogP contribution in [0.15, 0.2) is 36.4 Å². The maximum Gasteiger partial charge on any atom is 0.269 e. The Hall–Kier alpha value is -3.90. The highest BCUT2D eigenvalue weighted by molar-refractivity contribution is 6.20. The molecule has 2 N–H and O–H groups in total. The molecule has 1 fully saturated rings. The number of non-ortho nitro benzene ring substituents is 2. The molecule has 3 rings (SSSR count). The lowest BCUT2D eigenvalue weighted by Gasteiger charge is -2.17. The summed E-state index contributed by atoms with van der Waals surface area (Å²) in [5, 5.41) is 21.1. The molecule has 0 bridgehead atoms. The van der Waals surface area contributed by atoms with Gasteiger partial charge in [0.25, 0.3) is 11.4 Å². The molecule has 1 aliphatic rings. The Bertz CT molecular complexity index is 1030. The number of methoxy groups -OCH3 is 2. The molecule has 12 nitrogen and oxygen atoms in total. The topological polar surface area (TPSA) is 168 Å². The fourth-order valence-electron chi connectivity index (χ4n) is 3.01. The first-order valence-electron chi connectivity index (χ1n) is 9.33. The van der Waals surface area contributed by atoms with E-state index >= 15 is 0 Å². The number of amides is 2. The van der Waals surface area contributed by atoms with E-state index in [1.807, 2.05) is 0 Å². The molecule has 1 saturated heterocycles. The van der Waals surface area contributed by atoms with Crippen molar-refractivity contribution in [3.63, 3.8) is 0 Å². The van der Waals surface area contributed by atoms with Crippen molar-refractivity contribution in [2.75, 3.05) is 24.9 Å². The van der Waals surface area contributed by atoms with Crippen LogP contribution in [0.2, 0.25) is 0 Å². The van der Waals surface area contributed by atoms with Crippen LogP contribution in [0.3, 0.4) is 0 Å². The predicted molar refractivity (Wildman–Crippen MR) is 127 cm³/mol. The van der Waals surface area contributed by atoms with Crippen molar-refractivity contribution in [2.24, 2.45) is 0 Å². The summed E-state index contributed by atoms with van der Waals surface area (Å²) in [6.45, 7) is 0.377. The van der Waals surface area contributed by atoms with Gasteiger partial charge in [0, 0.05) is 68.1 Å². The summed E-state index contributed by atoms with van der Waals surface area (Å²) in [6, 6.07) is 8.29. The predicted octanol–water partition coefficient (Wildman–Crippen LogP) is 3.99. The zero-order valence-electron chi connectivity index (χ0n) is 17.5. The van der Waals surface area contributed by atoms with Gasteiger partial charge in [-0.1, -0.05) is 14.9 Å². The third kappa shape index (κ3) is 7.32. The molecule has 0 atom stereocenters. The van der Waals surface area contributed by atoms with Crippen molar-refractivity contribution >= 4 is 34.6 Å². The lowest BCUT2D eigenvalue weighted by molar-refractivity contribution is -0.385. The van der Waals surface area contributed by atoms with Crippen LogP contribution in [0.5, 0.6) is 0 Å². The Balaban J connectivity index is 0.000000644. The number of ether oxygens (including phenoxy) is 2. The van der Waals surface area contributed by atoms with E-state index in [9.17, 15) is 29.8 Å². The molecular formula is C22H30N4O8. The minimum Gasteiger partial charge on any atom is -0.398 e. The van der Waals surface area contributed by atoms with Crippen LogP contribution in [-0.2, 0) is 32.3 Å². The van der Waals surface area contributed by atoms with Crippen molar-refractivity contribution in [3.8, 4) is 0 Å². The number of hydrogen-bond acceptors (Lipinski definition) is 9. The van der Waals surface area contributed by atoms with Crippen molar-refractivity contribution < 1.29 is 28.9 Å². The van der Waals surface area contributed by atoms with Crippen LogP contribution in [-0.4, -0.2) is 35.9 Å². The molecule has 1 heterocycles. The molecule has 2 amide bonds.